The number of phenols is 1. The molecule has 0 radical (unpaired) electrons. The molecule has 0 aliphatic heterocycles. The largest absolute Gasteiger partial charge is 0.507 e. The van der Waals surface area contributed by atoms with Crippen LogP contribution in [0, 0.1) is 20.8 Å². The second-order valence-electron chi connectivity index (χ2n) is 2.99. The van der Waals surface area contributed by atoms with E-state index in [1.807, 2.05) is 26.8 Å². The molecule has 12 heavy (non-hydrogen) atoms. The molecule has 66 valence electrons. The summed E-state index contributed by atoms with van der Waals surface area (Å²) in [6.07, 6.45) is 0. The van der Waals surface area contributed by atoms with Crippen LogP contribution in [-0.4, -0.2) is 12.2 Å². The van der Waals surface area contributed by atoms with Crippen molar-refractivity contribution in [3.05, 3.63) is 22.8 Å². The standard InChI is InChI=1S/C10H14O2/c1-6-5-9(12-4)8(3)10(11)7(6)2/h5,11H,1-4H3. The van der Waals surface area contributed by atoms with E-state index in [9.17, 15) is 5.11 Å². The molecule has 0 heterocycles. The summed E-state index contributed by atoms with van der Waals surface area (Å²) in [4.78, 5) is 0. The SMILES string of the molecule is COc1cc(C)c(C)c(O)c1C. The van der Waals surface area contributed by atoms with E-state index in [4.69, 9.17) is 4.74 Å². The highest BCUT2D eigenvalue weighted by molar-refractivity contribution is 5.51. The fourth-order valence-corrected chi connectivity index (χ4v) is 1.21. The van der Waals surface area contributed by atoms with Gasteiger partial charge in [-0.1, -0.05) is 0 Å². The van der Waals surface area contributed by atoms with Crippen molar-refractivity contribution in [1.82, 2.24) is 0 Å². The van der Waals surface area contributed by atoms with E-state index < -0.39 is 0 Å². The highest BCUT2D eigenvalue weighted by Gasteiger charge is 2.08. The minimum absolute atomic E-state index is 0.340. The summed E-state index contributed by atoms with van der Waals surface area (Å²) in [6.45, 7) is 5.70. The van der Waals surface area contributed by atoms with Crippen molar-refractivity contribution >= 4 is 0 Å². The fraction of sp³-hybridized carbons (Fsp3) is 0.400. The molecule has 1 aromatic carbocycles. The molecule has 2 heteroatoms. The summed E-state index contributed by atoms with van der Waals surface area (Å²) < 4.78 is 5.10. The van der Waals surface area contributed by atoms with Gasteiger partial charge in [-0.2, -0.15) is 0 Å². The Labute approximate surface area is 72.8 Å². The molecule has 0 bridgehead atoms. The van der Waals surface area contributed by atoms with Gasteiger partial charge in [-0.05, 0) is 38.0 Å². The number of hydrogen-bond donors (Lipinski definition) is 1. The van der Waals surface area contributed by atoms with E-state index in [2.05, 4.69) is 0 Å². The zero-order valence-corrected chi connectivity index (χ0v) is 7.93. The van der Waals surface area contributed by atoms with Gasteiger partial charge in [-0.25, -0.2) is 0 Å². The molecule has 1 aromatic rings. The molecule has 1 N–H and O–H groups in total. The van der Waals surface area contributed by atoms with Crippen LogP contribution in [0.1, 0.15) is 16.7 Å². The maximum absolute atomic E-state index is 9.62. The van der Waals surface area contributed by atoms with Gasteiger partial charge in [-0.3, -0.25) is 0 Å². The smallest absolute Gasteiger partial charge is 0.125 e. The van der Waals surface area contributed by atoms with Gasteiger partial charge >= 0.3 is 0 Å². The third-order valence-corrected chi connectivity index (χ3v) is 2.24. The molecule has 2 nitrogen and oxygen atoms in total. The van der Waals surface area contributed by atoms with Gasteiger partial charge in [0, 0.05) is 5.56 Å². The van der Waals surface area contributed by atoms with Crippen LogP contribution in [0.2, 0.25) is 0 Å². The average Bonchev–Trinajstić information content (AvgIpc) is 2.08. The van der Waals surface area contributed by atoms with Crippen LogP contribution < -0.4 is 4.74 Å². The number of aromatic hydroxyl groups is 1. The van der Waals surface area contributed by atoms with Gasteiger partial charge in [0.05, 0.1) is 7.11 Å². The van der Waals surface area contributed by atoms with Gasteiger partial charge in [-0.15, -0.1) is 0 Å². The Morgan fingerprint density at radius 1 is 1.17 bits per heavy atom. The minimum atomic E-state index is 0.340. The first-order valence-corrected chi connectivity index (χ1v) is 3.91. The minimum Gasteiger partial charge on any atom is -0.507 e. The number of aryl methyl sites for hydroxylation is 1. The second-order valence-corrected chi connectivity index (χ2v) is 2.99. The van der Waals surface area contributed by atoms with Crippen LogP contribution >= 0.6 is 0 Å². The zero-order valence-electron chi connectivity index (χ0n) is 7.93. The third kappa shape index (κ3) is 1.24. The van der Waals surface area contributed by atoms with Crippen LogP contribution in [0.4, 0.5) is 0 Å². The molecule has 0 aliphatic carbocycles. The van der Waals surface area contributed by atoms with Crippen LogP contribution in [0.25, 0.3) is 0 Å². The summed E-state index contributed by atoms with van der Waals surface area (Å²) in [5, 5.41) is 9.62. The summed E-state index contributed by atoms with van der Waals surface area (Å²) >= 11 is 0. The molecule has 0 aliphatic rings. The summed E-state index contributed by atoms with van der Waals surface area (Å²) in [7, 11) is 1.61. The lowest BCUT2D eigenvalue weighted by molar-refractivity contribution is 0.401. The predicted octanol–water partition coefficient (Wildman–Crippen LogP) is 2.33. The second kappa shape index (κ2) is 3.05. The third-order valence-electron chi connectivity index (χ3n) is 2.24. The number of hydrogen-bond acceptors (Lipinski definition) is 2. The number of benzene rings is 1. The molecular formula is C10H14O2. The lowest BCUT2D eigenvalue weighted by atomic mass is 10.0. The van der Waals surface area contributed by atoms with E-state index in [0.29, 0.717) is 5.75 Å². The van der Waals surface area contributed by atoms with Crippen LogP contribution in [0.15, 0.2) is 6.07 Å². The average molecular weight is 166 g/mol. The van der Waals surface area contributed by atoms with E-state index >= 15 is 0 Å². The van der Waals surface area contributed by atoms with Crippen molar-refractivity contribution in [2.45, 2.75) is 20.8 Å². The fourth-order valence-electron chi connectivity index (χ4n) is 1.21. The first-order valence-electron chi connectivity index (χ1n) is 3.91. The van der Waals surface area contributed by atoms with Gasteiger partial charge in [0.25, 0.3) is 0 Å². The molecule has 1 rings (SSSR count). The maximum Gasteiger partial charge on any atom is 0.125 e. The molecule has 0 atom stereocenters. The topological polar surface area (TPSA) is 29.5 Å². The predicted molar refractivity (Wildman–Crippen MR) is 48.9 cm³/mol. The number of rotatable bonds is 1. The van der Waals surface area contributed by atoms with Crippen molar-refractivity contribution in [3.63, 3.8) is 0 Å². The highest BCUT2D eigenvalue weighted by Crippen LogP contribution is 2.32. The molecule has 0 spiro atoms. The monoisotopic (exact) mass is 166 g/mol. The molecule has 0 unspecified atom stereocenters. The Hall–Kier alpha value is -1.18. The first kappa shape index (κ1) is 8.91. The van der Waals surface area contributed by atoms with Gasteiger partial charge in [0.15, 0.2) is 0 Å². The van der Waals surface area contributed by atoms with Gasteiger partial charge < -0.3 is 9.84 Å². The van der Waals surface area contributed by atoms with Crippen molar-refractivity contribution < 1.29 is 9.84 Å². The van der Waals surface area contributed by atoms with Crippen LogP contribution in [-0.2, 0) is 0 Å². The summed E-state index contributed by atoms with van der Waals surface area (Å²) in [6, 6.07) is 1.93. The van der Waals surface area contributed by atoms with E-state index in [1.54, 1.807) is 7.11 Å². The quantitative estimate of drug-likeness (QED) is 0.693. The Balaban J connectivity index is 3.39. The van der Waals surface area contributed by atoms with Crippen molar-refractivity contribution in [3.8, 4) is 11.5 Å². The lowest BCUT2D eigenvalue weighted by Crippen LogP contribution is -1.91. The summed E-state index contributed by atoms with van der Waals surface area (Å²) in [5.41, 5.74) is 2.78. The van der Waals surface area contributed by atoms with Crippen molar-refractivity contribution in [2.24, 2.45) is 0 Å². The molecule has 0 aromatic heterocycles. The normalized spacial score (nSPS) is 10.0. The highest BCUT2D eigenvalue weighted by atomic mass is 16.5. The number of phenolic OH excluding ortho intramolecular Hbond substituents is 1. The Morgan fingerprint density at radius 3 is 2.25 bits per heavy atom. The zero-order chi connectivity index (χ0) is 9.30. The van der Waals surface area contributed by atoms with E-state index in [0.717, 1.165) is 22.4 Å². The van der Waals surface area contributed by atoms with E-state index in [1.165, 1.54) is 0 Å². The number of methoxy groups -OCH3 is 1. The first-order chi connectivity index (χ1) is 5.57. The van der Waals surface area contributed by atoms with Crippen molar-refractivity contribution in [1.29, 1.82) is 0 Å². The Bertz CT molecular complexity index is 303. The van der Waals surface area contributed by atoms with Gasteiger partial charge in [0.2, 0.25) is 0 Å². The molecular weight excluding hydrogens is 152 g/mol. The molecule has 0 fully saturated rings. The van der Waals surface area contributed by atoms with Gasteiger partial charge in [0.1, 0.15) is 11.5 Å². The van der Waals surface area contributed by atoms with Crippen LogP contribution in [0.3, 0.4) is 0 Å². The Morgan fingerprint density at radius 2 is 1.75 bits per heavy atom. The lowest BCUT2D eigenvalue weighted by Gasteiger charge is -2.11. The Kier molecular flexibility index (Phi) is 2.27. The number of ether oxygens (including phenoxy) is 1. The molecule has 0 saturated carbocycles. The van der Waals surface area contributed by atoms with E-state index in [-0.39, 0.29) is 0 Å². The maximum atomic E-state index is 9.62. The molecule has 0 amide bonds. The molecule has 0 saturated heterocycles. The van der Waals surface area contributed by atoms with Crippen LogP contribution in [0.5, 0.6) is 11.5 Å². The summed E-state index contributed by atoms with van der Waals surface area (Å²) in [5.74, 6) is 1.09. The van der Waals surface area contributed by atoms with Crippen molar-refractivity contribution in [2.75, 3.05) is 7.11 Å².